The highest BCUT2D eigenvalue weighted by Crippen LogP contribution is 2.39. The third kappa shape index (κ3) is 3.11. The van der Waals surface area contributed by atoms with Crippen LogP contribution < -0.4 is 0 Å². The molecule has 2 aliphatic heterocycles. The SMILES string of the molecule is CN1C2CCC1C(C(=O)O)C(OC(=O)c1ccc(N=C=S)cc1)C2. The summed E-state index contributed by atoms with van der Waals surface area (Å²) >= 11 is 4.53. The van der Waals surface area contributed by atoms with Gasteiger partial charge in [-0.25, -0.2) is 4.79 Å². The maximum Gasteiger partial charge on any atom is 0.338 e. The van der Waals surface area contributed by atoms with Crippen molar-refractivity contribution in [2.24, 2.45) is 10.9 Å². The number of fused-ring (bicyclic) bond motifs is 2. The lowest BCUT2D eigenvalue weighted by molar-refractivity contribution is -0.152. The molecule has 1 N–H and O–H groups in total. The standard InChI is InChI=1S/C17H18N2O4S/c1-19-12-6-7-13(19)15(16(20)21)14(8-12)23-17(22)10-2-4-11(5-3-10)18-9-24/h2-5,12-15H,6-8H2,1H3,(H,20,21). The van der Waals surface area contributed by atoms with Gasteiger partial charge in [-0.1, -0.05) is 0 Å². The van der Waals surface area contributed by atoms with E-state index in [1.54, 1.807) is 24.3 Å². The fourth-order valence-corrected chi connectivity index (χ4v) is 3.90. The van der Waals surface area contributed by atoms with E-state index in [4.69, 9.17) is 4.74 Å². The summed E-state index contributed by atoms with van der Waals surface area (Å²) in [4.78, 5) is 30.0. The van der Waals surface area contributed by atoms with Crippen LogP contribution in [0.25, 0.3) is 0 Å². The topological polar surface area (TPSA) is 79.2 Å². The van der Waals surface area contributed by atoms with Crippen molar-refractivity contribution >= 4 is 35.0 Å². The van der Waals surface area contributed by atoms with E-state index in [-0.39, 0.29) is 12.1 Å². The summed E-state index contributed by atoms with van der Waals surface area (Å²) in [6, 6.07) is 6.67. The molecule has 4 unspecified atom stereocenters. The number of esters is 1. The first-order valence-electron chi connectivity index (χ1n) is 7.85. The zero-order valence-corrected chi connectivity index (χ0v) is 14.0. The van der Waals surface area contributed by atoms with Gasteiger partial charge >= 0.3 is 11.9 Å². The summed E-state index contributed by atoms with van der Waals surface area (Å²) in [5.74, 6) is -2.10. The Kier molecular flexibility index (Phi) is 4.76. The lowest BCUT2D eigenvalue weighted by Crippen LogP contribution is -2.53. The molecule has 2 heterocycles. The van der Waals surface area contributed by atoms with Crippen LogP contribution in [-0.2, 0) is 9.53 Å². The van der Waals surface area contributed by atoms with E-state index in [9.17, 15) is 14.7 Å². The van der Waals surface area contributed by atoms with Crippen molar-refractivity contribution in [3.63, 3.8) is 0 Å². The van der Waals surface area contributed by atoms with Crippen molar-refractivity contribution in [3.05, 3.63) is 29.8 Å². The average molecular weight is 346 g/mol. The third-order valence-electron chi connectivity index (χ3n) is 5.04. The third-order valence-corrected chi connectivity index (χ3v) is 5.13. The van der Waals surface area contributed by atoms with E-state index in [0.29, 0.717) is 17.7 Å². The minimum Gasteiger partial charge on any atom is -0.481 e. The maximum absolute atomic E-state index is 12.4. The highest BCUT2D eigenvalue weighted by Gasteiger charge is 2.50. The fourth-order valence-electron chi connectivity index (χ4n) is 3.80. The molecule has 1 aromatic rings. The second-order valence-corrected chi connectivity index (χ2v) is 6.44. The van der Waals surface area contributed by atoms with E-state index >= 15 is 0 Å². The zero-order valence-electron chi connectivity index (χ0n) is 13.2. The Balaban J connectivity index is 1.75. The Bertz CT molecular complexity index is 699. The Labute approximate surface area is 145 Å². The van der Waals surface area contributed by atoms with Gasteiger partial charge < -0.3 is 9.84 Å². The predicted molar refractivity (Wildman–Crippen MR) is 90.6 cm³/mol. The molecular formula is C17H18N2O4S. The van der Waals surface area contributed by atoms with Crippen LogP contribution in [0.1, 0.15) is 29.6 Å². The maximum atomic E-state index is 12.4. The summed E-state index contributed by atoms with van der Waals surface area (Å²) in [7, 11) is 1.95. The summed E-state index contributed by atoms with van der Waals surface area (Å²) < 4.78 is 5.57. The predicted octanol–water partition coefficient (Wildman–Crippen LogP) is 2.51. The number of nitrogens with zero attached hydrogens (tertiary/aromatic N) is 2. The molecule has 2 aliphatic rings. The molecule has 7 heteroatoms. The Hall–Kier alpha value is -2.08. The van der Waals surface area contributed by atoms with Crippen molar-refractivity contribution in [1.82, 2.24) is 4.90 Å². The monoisotopic (exact) mass is 346 g/mol. The van der Waals surface area contributed by atoms with Gasteiger partial charge in [-0.15, -0.1) is 0 Å². The van der Waals surface area contributed by atoms with Gasteiger partial charge in [0.15, 0.2) is 0 Å². The molecule has 3 rings (SSSR count). The summed E-state index contributed by atoms with van der Waals surface area (Å²) in [6.45, 7) is 0. The largest absolute Gasteiger partial charge is 0.481 e. The molecule has 0 aliphatic carbocycles. The van der Waals surface area contributed by atoms with E-state index in [2.05, 4.69) is 27.3 Å². The minimum atomic E-state index is -0.907. The van der Waals surface area contributed by atoms with Gasteiger partial charge in [0.05, 0.1) is 16.4 Å². The van der Waals surface area contributed by atoms with Crippen LogP contribution in [0.2, 0.25) is 0 Å². The minimum absolute atomic E-state index is 0.0710. The number of thiocarbonyl (C=S) groups is 1. The number of rotatable bonds is 4. The lowest BCUT2D eigenvalue weighted by atomic mass is 9.87. The van der Waals surface area contributed by atoms with Gasteiger partial charge in [0.2, 0.25) is 0 Å². The van der Waals surface area contributed by atoms with Crippen LogP contribution >= 0.6 is 12.2 Å². The molecule has 2 fully saturated rings. The number of hydrogen-bond acceptors (Lipinski definition) is 6. The number of benzene rings is 1. The molecular weight excluding hydrogens is 328 g/mol. The first-order chi connectivity index (χ1) is 11.5. The Morgan fingerprint density at radius 1 is 1.33 bits per heavy atom. The summed E-state index contributed by atoms with van der Waals surface area (Å²) in [5, 5.41) is 11.8. The van der Waals surface area contributed by atoms with Crippen molar-refractivity contribution in [1.29, 1.82) is 0 Å². The Morgan fingerprint density at radius 2 is 2.04 bits per heavy atom. The average Bonchev–Trinajstić information content (AvgIpc) is 2.79. The highest BCUT2D eigenvalue weighted by molar-refractivity contribution is 7.78. The van der Waals surface area contributed by atoms with E-state index < -0.39 is 24.0 Å². The normalized spacial score (nSPS) is 28.9. The van der Waals surface area contributed by atoms with E-state index in [1.807, 2.05) is 7.05 Å². The van der Waals surface area contributed by atoms with Gasteiger partial charge in [0, 0.05) is 18.5 Å². The fraction of sp³-hybridized carbons (Fsp3) is 0.471. The van der Waals surface area contributed by atoms with Crippen LogP contribution in [0.5, 0.6) is 0 Å². The van der Waals surface area contributed by atoms with Crippen LogP contribution in [-0.4, -0.2) is 52.3 Å². The first-order valence-corrected chi connectivity index (χ1v) is 8.25. The number of carboxylic acid groups (broad SMARTS) is 1. The second-order valence-electron chi connectivity index (χ2n) is 6.26. The Morgan fingerprint density at radius 3 is 2.67 bits per heavy atom. The number of isothiocyanates is 1. The summed E-state index contributed by atoms with van der Waals surface area (Å²) in [5.41, 5.74) is 0.969. The second kappa shape index (κ2) is 6.81. The van der Waals surface area contributed by atoms with Crippen molar-refractivity contribution < 1.29 is 19.4 Å². The molecule has 126 valence electrons. The van der Waals surface area contributed by atoms with Gasteiger partial charge in [0.1, 0.15) is 12.0 Å². The number of hydrogen-bond donors (Lipinski definition) is 1. The lowest BCUT2D eigenvalue weighted by Gasteiger charge is -2.40. The molecule has 2 saturated heterocycles. The number of ether oxygens (including phenoxy) is 1. The number of carbonyl (C=O) groups excluding carboxylic acids is 1. The zero-order chi connectivity index (χ0) is 17.3. The molecule has 24 heavy (non-hydrogen) atoms. The quantitative estimate of drug-likeness (QED) is 0.513. The van der Waals surface area contributed by atoms with Crippen LogP contribution in [0.15, 0.2) is 29.3 Å². The smallest absolute Gasteiger partial charge is 0.338 e. The molecule has 0 saturated carbocycles. The van der Waals surface area contributed by atoms with E-state index in [1.165, 1.54) is 0 Å². The number of carboxylic acids is 1. The van der Waals surface area contributed by atoms with Gasteiger partial charge in [0.25, 0.3) is 0 Å². The van der Waals surface area contributed by atoms with Crippen molar-refractivity contribution in [2.45, 2.75) is 37.5 Å². The molecule has 0 radical (unpaired) electrons. The highest BCUT2D eigenvalue weighted by atomic mass is 32.1. The van der Waals surface area contributed by atoms with Gasteiger partial charge in [-0.3, -0.25) is 9.69 Å². The molecule has 2 bridgehead atoms. The molecule has 0 aromatic heterocycles. The van der Waals surface area contributed by atoms with Crippen LogP contribution in [0.4, 0.5) is 5.69 Å². The number of aliphatic imine (C=N–C) groups is 1. The number of aliphatic carboxylic acids is 1. The molecule has 1 aromatic carbocycles. The van der Waals surface area contributed by atoms with E-state index in [0.717, 1.165) is 12.8 Å². The van der Waals surface area contributed by atoms with Crippen molar-refractivity contribution in [3.8, 4) is 0 Å². The molecule has 4 atom stereocenters. The van der Waals surface area contributed by atoms with Gasteiger partial charge in [-0.05, 0) is 56.4 Å². The van der Waals surface area contributed by atoms with Gasteiger partial charge in [-0.2, -0.15) is 4.99 Å². The molecule has 6 nitrogen and oxygen atoms in total. The first kappa shape index (κ1) is 16.8. The summed E-state index contributed by atoms with van der Waals surface area (Å²) in [6.07, 6.45) is 1.74. The number of piperidine rings is 1. The van der Waals surface area contributed by atoms with Crippen LogP contribution in [0.3, 0.4) is 0 Å². The molecule has 0 amide bonds. The van der Waals surface area contributed by atoms with Crippen molar-refractivity contribution in [2.75, 3.05) is 7.05 Å². The van der Waals surface area contributed by atoms with Crippen LogP contribution in [0, 0.1) is 5.92 Å². The number of carbonyl (C=O) groups is 2. The molecule has 0 spiro atoms.